The number of hydrogen-bond acceptors (Lipinski definition) is 2. The average Bonchev–Trinajstić information content (AvgIpc) is 2.80. The molecule has 0 fully saturated rings. The van der Waals surface area contributed by atoms with Gasteiger partial charge < -0.3 is 10.2 Å². The summed E-state index contributed by atoms with van der Waals surface area (Å²) in [6, 6.07) is 14.5. The zero-order valence-corrected chi connectivity index (χ0v) is 8.53. The van der Waals surface area contributed by atoms with E-state index in [0.29, 0.717) is 5.88 Å². The average molecular weight is 207 g/mol. The lowest BCUT2D eigenvalue weighted by Crippen LogP contribution is -1.79. The molecular weight excluding hydrogens is 198 g/mol. The van der Waals surface area contributed by atoms with Crippen LogP contribution in [-0.2, 0) is 0 Å². The van der Waals surface area contributed by atoms with Crippen molar-refractivity contribution >= 4 is 16.7 Å². The number of anilines is 1. The van der Waals surface area contributed by atoms with Crippen molar-refractivity contribution in [3.63, 3.8) is 0 Å². The van der Waals surface area contributed by atoms with Crippen LogP contribution < -0.4 is 5.73 Å². The molecule has 1 aliphatic rings. The molecule has 0 radical (unpaired) electrons. The Hall–Kier alpha value is -2.22. The van der Waals surface area contributed by atoms with Crippen molar-refractivity contribution in [2.24, 2.45) is 0 Å². The highest BCUT2D eigenvalue weighted by atomic mass is 16.4. The first-order valence-electron chi connectivity index (χ1n) is 5.26. The van der Waals surface area contributed by atoms with Gasteiger partial charge in [0.05, 0.1) is 0 Å². The molecule has 2 nitrogen and oxygen atoms in total. The molecular formula is C14H9NO. The summed E-state index contributed by atoms with van der Waals surface area (Å²) in [5, 5.41) is 2.53. The summed E-state index contributed by atoms with van der Waals surface area (Å²) in [5.74, 6) is 1.39. The van der Waals surface area contributed by atoms with Crippen LogP contribution in [0.4, 0.5) is 5.88 Å². The van der Waals surface area contributed by atoms with Gasteiger partial charge in [-0.3, -0.25) is 0 Å². The van der Waals surface area contributed by atoms with Crippen molar-refractivity contribution in [1.29, 1.82) is 0 Å². The maximum atomic E-state index is 5.71. The van der Waals surface area contributed by atoms with Gasteiger partial charge in [-0.05, 0) is 10.9 Å². The molecule has 1 heterocycles. The van der Waals surface area contributed by atoms with Gasteiger partial charge in [0, 0.05) is 22.6 Å². The fourth-order valence-electron chi connectivity index (χ4n) is 2.56. The fourth-order valence-corrected chi connectivity index (χ4v) is 2.56. The zero-order chi connectivity index (χ0) is 10.7. The first-order valence-corrected chi connectivity index (χ1v) is 5.26. The van der Waals surface area contributed by atoms with Crippen molar-refractivity contribution < 1.29 is 4.42 Å². The van der Waals surface area contributed by atoms with Crippen molar-refractivity contribution in [3.8, 4) is 22.5 Å². The van der Waals surface area contributed by atoms with E-state index < -0.39 is 0 Å². The van der Waals surface area contributed by atoms with Gasteiger partial charge in [-0.25, -0.2) is 0 Å². The van der Waals surface area contributed by atoms with E-state index in [1.807, 2.05) is 6.07 Å². The van der Waals surface area contributed by atoms with E-state index in [9.17, 15) is 0 Å². The van der Waals surface area contributed by atoms with E-state index in [0.717, 1.165) is 16.9 Å². The monoisotopic (exact) mass is 207 g/mol. The highest BCUT2D eigenvalue weighted by molar-refractivity contribution is 6.14. The molecule has 0 amide bonds. The lowest BCUT2D eigenvalue weighted by Gasteiger charge is -2.00. The summed E-state index contributed by atoms with van der Waals surface area (Å²) in [6.07, 6.45) is 0. The van der Waals surface area contributed by atoms with Crippen LogP contribution in [0.3, 0.4) is 0 Å². The van der Waals surface area contributed by atoms with E-state index in [-0.39, 0.29) is 0 Å². The van der Waals surface area contributed by atoms with Crippen LogP contribution in [0.25, 0.3) is 33.2 Å². The van der Waals surface area contributed by atoms with Gasteiger partial charge in [0.2, 0.25) is 0 Å². The minimum absolute atomic E-state index is 0.483. The third-order valence-corrected chi connectivity index (χ3v) is 3.19. The molecule has 1 aliphatic carbocycles. The molecule has 2 heteroatoms. The highest BCUT2D eigenvalue weighted by Crippen LogP contribution is 2.48. The summed E-state index contributed by atoms with van der Waals surface area (Å²) in [7, 11) is 0. The summed E-state index contributed by atoms with van der Waals surface area (Å²) in [5.41, 5.74) is 9.20. The lowest BCUT2D eigenvalue weighted by molar-refractivity contribution is 0.605. The first kappa shape index (κ1) is 7.99. The molecule has 0 atom stereocenters. The van der Waals surface area contributed by atoms with Crippen molar-refractivity contribution in [2.75, 3.05) is 5.73 Å². The van der Waals surface area contributed by atoms with Gasteiger partial charge in [0.1, 0.15) is 5.76 Å². The minimum Gasteiger partial charge on any atom is -0.440 e. The van der Waals surface area contributed by atoms with Crippen LogP contribution in [0.1, 0.15) is 0 Å². The van der Waals surface area contributed by atoms with Gasteiger partial charge in [-0.1, -0.05) is 36.4 Å². The highest BCUT2D eigenvalue weighted by Gasteiger charge is 2.24. The fraction of sp³-hybridized carbons (Fsp3) is 0. The van der Waals surface area contributed by atoms with Crippen LogP contribution in [0.5, 0.6) is 0 Å². The van der Waals surface area contributed by atoms with Gasteiger partial charge in [-0.15, -0.1) is 0 Å². The molecule has 0 unspecified atom stereocenters. The molecule has 76 valence electrons. The van der Waals surface area contributed by atoms with Crippen LogP contribution in [0.15, 0.2) is 46.9 Å². The van der Waals surface area contributed by atoms with Crippen molar-refractivity contribution in [1.82, 2.24) is 0 Å². The van der Waals surface area contributed by atoms with E-state index in [2.05, 4.69) is 36.4 Å². The van der Waals surface area contributed by atoms with Gasteiger partial charge in [-0.2, -0.15) is 0 Å². The predicted molar refractivity (Wildman–Crippen MR) is 65.1 cm³/mol. The molecule has 0 saturated carbocycles. The van der Waals surface area contributed by atoms with Crippen LogP contribution in [-0.4, -0.2) is 0 Å². The van der Waals surface area contributed by atoms with Crippen molar-refractivity contribution in [3.05, 3.63) is 42.5 Å². The van der Waals surface area contributed by atoms with Crippen molar-refractivity contribution in [2.45, 2.75) is 0 Å². The van der Waals surface area contributed by atoms with Gasteiger partial charge in [0.25, 0.3) is 0 Å². The standard InChI is InChI=1S/C14H9NO/c15-12-7-11-9-5-1-3-8-4-2-6-10(13(8)9)14(11)16-12/h1-7H,15H2. The smallest absolute Gasteiger partial charge is 0.191 e. The Bertz CT molecular complexity index is 668. The summed E-state index contributed by atoms with van der Waals surface area (Å²) in [6.45, 7) is 0. The molecule has 0 spiro atoms. The lowest BCUT2D eigenvalue weighted by atomic mass is 10.0. The topological polar surface area (TPSA) is 39.2 Å². The Labute approximate surface area is 92.3 Å². The maximum Gasteiger partial charge on any atom is 0.191 e. The number of nitrogen functional groups attached to an aromatic ring is 1. The largest absolute Gasteiger partial charge is 0.440 e. The molecule has 2 aromatic carbocycles. The Kier molecular flexibility index (Phi) is 1.24. The number of furan rings is 1. The molecule has 16 heavy (non-hydrogen) atoms. The molecule has 0 bridgehead atoms. The number of benzene rings is 2. The number of fused-ring (bicyclic) bond motifs is 3. The molecule has 0 saturated heterocycles. The third kappa shape index (κ3) is 0.784. The second kappa shape index (κ2) is 2.47. The second-order valence-corrected chi connectivity index (χ2v) is 4.10. The molecule has 4 rings (SSSR count). The number of nitrogens with two attached hydrogens (primary N) is 1. The van der Waals surface area contributed by atoms with Crippen LogP contribution in [0, 0.1) is 0 Å². The van der Waals surface area contributed by atoms with Crippen LogP contribution in [0.2, 0.25) is 0 Å². The number of rotatable bonds is 0. The van der Waals surface area contributed by atoms with E-state index in [1.165, 1.54) is 16.3 Å². The Morgan fingerprint density at radius 3 is 2.44 bits per heavy atom. The Morgan fingerprint density at radius 1 is 0.875 bits per heavy atom. The quantitative estimate of drug-likeness (QED) is 0.478. The summed E-state index contributed by atoms with van der Waals surface area (Å²) >= 11 is 0. The Balaban J connectivity index is 2.28. The third-order valence-electron chi connectivity index (χ3n) is 3.19. The van der Waals surface area contributed by atoms with E-state index in [4.69, 9.17) is 10.2 Å². The van der Waals surface area contributed by atoms with Gasteiger partial charge >= 0.3 is 0 Å². The van der Waals surface area contributed by atoms with E-state index >= 15 is 0 Å². The van der Waals surface area contributed by atoms with Crippen LogP contribution >= 0.6 is 0 Å². The Morgan fingerprint density at radius 2 is 1.62 bits per heavy atom. The SMILES string of the molecule is Nc1cc2c(o1)-c1cccc3cccc-2c13. The second-order valence-electron chi connectivity index (χ2n) is 4.10. The molecule has 0 aliphatic heterocycles. The summed E-state index contributed by atoms with van der Waals surface area (Å²) < 4.78 is 5.58. The molecule has 2 N–H and O–H groups in total. The maximum absolute atomic E-state index is 5.71. The van der Waals surface area contributed by atoms with Gasteiger partial charge in [0.15, 0.2) is 5.88 Å². The zero-order valence-electron chi connectivity index (χ0n) is 8.53. The molecule has 3 aromatic rings. The molecule has 1 aromatic heterocycles. The minimum atomic E-state index is 0.483. The first-order chi connectivity index (χ1) is 7.84. The normalized spacial score (nSPS) is 12.0. The van der Waals surface area contributed by atoms with E-state index in [1.54, 1.807) is 0 Å². The predicted octanol–water partition coefficient (Wildman–Crippen LogP) is 3.66. The summed E-state index contributed by atoms with van der Waals surface area (Å²) in [4.78, 5) is 0. The number of hydrogen-bond donors (Lipinski definition) is 1.